The van der Waals surface area contributed by atoms with Crippen LogP contribution in [-0.4, -0.2) is 11.0 Å². The quantitative estimate of drug-likeness (QED) is 0.691. The highest BCUT2D eigenvalue weighted by molar-refractivity contribution is 6.27. The van der Waals surface area contributed by atoms with Crippen LogP contribution in [0.1, 0.15) is 16.2 Å². The molecule has 0 aliphatic carbocycles. The van der Waals surface area contributed by atoms with Gasteiger partial charge in [0.1, 0.15) is 5.97 Å². The van der Waals surface area contributed by atoms with E-state index in [0.29, 0.717) is 0 Å². The van der Waals surface area contributed by atoms with Gasteiger partial charge in [0.2, 0.25) is 0 Å². The van der Waals surface area contributed by atoms with Crippen molar-refractivity contribution in [3.8, 4) is 0 Å². The highest BCUT2D eigenvalue weighted by atomic mass is 35.5. The minimum absolute atomic E-state index is 0.897. The fourth-order valence-corrected chi connectivity index (χ4v) is 0.786. The number of alkyl halides is 3. The van der Waals surface area contributed by atoms with Crippen molar-refractivity contribution in [1.82, 2.24) is 4.98 Å². The second-order valence-electron chi connectivity index (χ2n) is 1.93. The molecular weight excluding hydrogens is 215 g/mol. The maximum absolute atomic E-state index is 11.9. The molecule has 0 aliphatic rings. The van der Waals surface area contributed by atoms with E-state index in [0.717, 1.165) is 0 Å². The van der Waals surface area contributed by atoms with Gasteiger partial charge in [-0.1, -0.05) is 0 Å². The van der Waals surface area contributed by atoms with E-state index in [-0.39, 0.29) is 0 Å². The van der Waals surface area contributed by atoms with Crippen LogP contribution in [0.25, 0.3) is 0 Å². The van der Waals surface area contributed by atoms with Crippen LogP contribution in [0.2, 0.25) is 5.35 Å². The Hall–Kier alpha value is -1.24. The third-order valence-electron chi connectivity index (χ3n) is 1.05. The molecule has 0 aliphatic heterocycles. The van der Waals surface area contributed by atoms with E-state index < -0.39 is 28.9 Å². The molecule has 1 aromatic heterocycles. The zero-order chi connectivity index (χ0) is 10.2. The van der Waals surface area contributed by atoms with E-state index in [1.54, 1.807) is 0 Å². The van der Waals surface area contributed by atoms with Crippen molar-refractivity contribution in [3.63, 3.8) is 0 Å². The first kappa shape index (κ1) is 9.85. The molecule has 0 unspecified atom stereocenters. The molecule has 0 saturated heterocycles. The molecular formula is C5ClF3NO3-. The molecule has 13 heavy (non-hydrogen) atoms. The Labute approximate surface area is 73.9 Å². The van der Waals surface area contributed by atoms with Gasteiger partial charge in [-0.2, -0.15) is 18.2 Å². The number of carbonyl (C=O) groups is 1. The Morgan fingerprint density at radius 2 is 2.08 bits per heavy atom. The van der Waals surface area contributed by atoms with E-state index in [2.05, 4.69) is 9.40 Å². The largest absolute Gasteiger partial charge is 0.541 e. The maximum atomic E-state index is 11.9. The van der Waals surface area contributed by atoms with E-state index in [1.165, 1.54) is 0 Å². The van der Waals surface area contributed by atoms with Crippen LogP contribution < -0.4 is 5.11 Å². The molecule has 0 fully saturated rings. The van der Waals surface area contributed by atoms with Gasteiger partial charge in [0.05, 0.1) is 0 Å². The SMILES string of the molecule is O=C([O-])c1oc(Cl)nc1C(F)(F)F. The van der Waals surface area contributed by atoms with Crippen LogP contribution >= 0.6 is 11.6 Å². The number of halogens is 4. The summed E-state index contributed by atoms with van der Waals surface area (Å²) in [4.78, 5) is 12.7. The maximum Gasteiger partial charge on any atom is 0.437 e. The zero-order valence-corrected chi connectivity index (χ0v) is 6.44. The summed E-state index contributed by atoms with van der Waals surface area (Å²) in [5, 5.41) is 9.18. The number of aromatic nitrogens is 1. The lowest BCUT2D eigenvalue weighted by atomic mass is 10.3. The number of hydrogen-bond donors (Lipinski definition) is 0. The molecule has 0 spiro atoms. The topological polar surface area (TPSA) is 66.2 Å². The molecule has 72 valence electrons. The van der Waals surface area contributed by atoms with E-state index >= 15 is 0 Å². The van der Waals surface area contributed by atoms with E-state index in [4.69, 9.17) is 11.6 Å². The monoisotopic (exact) mass is 214 g/mol. The number of aromatic carboxylic acids is 1. The fourth-order valence-electron chi connectivity index (χ4n) is 0.625. The second kappa shape index (κ2) is 2.91. The first-order chi connectivity index (χ1) is 5.82. The normalized spacial score (nSPS) is 11.7. The van der Waals surface area contributed by atoms with Gasteiger partial charge < -0.3 is 14.3 Å². The standard InChI is InChI=1S/C5HClF3NO3/c6-4-10-2(5(7,8)9)1(13-4)3(11)12/h(H,11,12)/p-1. The van der Waals surface area contributed by atoms with Crippen molar-refractivity contribution >= 4 is 17.6 Å². The summed E-state index contributed by atoms with van der Waals surface area (Å²) >= 11 is 4.95. The van der Waals surface area contributed by atoms with E-state index in [9.17, 15) is 23.1 Å². The van der Waals surface area contributed by atoms with Crippen molar-refractivity contribution in [3.05, 3.63) is 16.8 Å². The second-order valence-corrected chi connectivity index (χ2v) is 2.25. The predicted octanol–water partition coefficient (Wildman–Crippen LogP) is 0.710. The van der Waals surface area contributed by atoms with Crippen molar-refractivity contribution in [1.29, 1.82) is 0 Å². The number of carbonyl (C=O) groups excluding carboxylic acids is 1. The summed E-state index contributed by atoms with van der Waals surface area (Å²) in [5.74, 6) is -3.54. The molecule has 4 nitrogen and oxygen atoms in total. The van der Waals surface area contributed by atoms with Crippen LogP contribution in [-0.2, 0) is 6.18 Å². The van der Waals surface area contributed by atoms with Crippen molar-refractivity contribution in [2.75, 3.05) is 0 Å². The Morgan fingerprint density at radius 3 is 2.38 bits per heavy atom. The zero-order valence-electron chi connectivity index (χ0n) is 5.68. The van der Waals surface area contributed by atoms with Crippen molar-refractivity contribution in [2.24, 2.45) is 0 Å². The molecule has 0 radical (unpaired) electrons. The number of nitrogens with zero attached hydrogens (tertiary/aromatic N) is 1. The van der Waals surface area contributed by atoms with Crippen LogP contribution in [0.5, 0.6) is 0 Å². The van der Waals surface area contributed by atoms with Gasteiger partial charge in [-0.05, 0) is 11.6 Å². The molecule has 0 saturated carbocycles. The van der Waals surface area contributed by atoms with Gasteiger partial charge in [-0.25, -0.2) is 0 Å². The summed E-state index contributed by atoms with van der Waals surface area (Å²) in [6.07, 6.45) is -4.92. The number of carboxylic acid groups (broad SMARTS) is 1. The smallest absolute Gasteiger partial charge is 0.437 e. The lowest BCUT2D eigenvalue weighted by Crippen LogP contribution is -2.25. The fraction of sp³-hybridized carbons (Fsp3) is 0.200. The molecule has 0 N–H and O–H groups in total. The van der Waals surface area contributed by atoms with Gasteiger partial charge in [0, 0.05) is 0 Å². The summed E-state index contributed by atoms with van der Waals surface area (Å²) in [6, 6.07) is 0. The highest BCUT2D eigenvalue weighted by Crippen LogP contribution is 2.32. The molecule has 1 aromatic rings. The lowest BCUT2D eigenvalue weighted by Gasteiger charge is -2.03. The van der Waals surface area contributed by atoms with Gasteiger partial charge in [-0.3, -0.25) is 0 Å². The summed E-state index contributed by atoms with van der Waals surface area (Å²) in [5.41, 5.74) is -1.70. The predicted molar refractivity (Wildman–Crippen MR) is 30.8 cm³/mol. The average Bonchev–Trinajstić information content (AvgIpc) is 2.29. The highest BCUT2D eigenvalue weighted by Gasteiger charge is 2.39. The molecule has 8 heteroatoms. The summed E-state index contributed by atoms with van der Waals surface area (Å²) in [6.45, 7) is 0. The summed E-state index contributed by atoms with van der Waals surface area (Å²) in [7, 11) is 0. The lowest BCUT2D eigenvalue weighted by molar-refractivity contribution is -0.258. The van der Waals surface area contributed by atoms with Gasteiger partial charge in [0.15, 0.2) is 11.5 Å². The minimum Gasteiger partial charge on any atom is -0.541 e. The minimum atomic E-state index is -4.92. The molecule has 0 bridgehead atoms. The van der Waals surface area contributed by atoms with Crippen LogP contribution in [0.15, 0.2) is 4.42 Å². The molecule has 0 atom stereocenters. The molecule has 0 amide bonds. The van der Waals surface area contributed by atoms with E-state index in [1.807, 2.05) is 0 Å². The number of oxazole rings is 1. The summed E-state index contributed by atoms with van der Waals surface area (Å²) < 4.78 is 39.8. The average molecular weight is 215 g/mol. The van der Waals surface area contributed by atoms with Crippen molar-refractivity contribution in [2.45, 2.75) is 6.18 Å². The Kier molecular flexibility index (Phi) is 2.21. The van der Waals surface area contributed by atoms with Crippen LogP contribution in [0.3, 0.4) is 0 Å². The number of carboxylic acids is 1. The first-order valence-electron chi connectivity index (χ1n) is 2.77. The van der Waals surface area contributed by atoms with Crippen LogP contribution in [0, 0.1) is 0 Å². The molecule has 1 heterocycles. The third kappa shape index (κ3) is 1.92. The Bertz CT molecular complexity index is 345. The van der Waals surface area contributed by atoms with Crippen molar-refractivity contribution < 1.29 is 27.5 Å². The Morgan fingerprint density at radius 1 is 1.54 bits per heavy atom. The van der Waals surface area contributed by atoms with Crippen LogP contribution in [0.4, 0.5) is 13.2 Å². The molecule has 1 rings (SSSR count). The number of rotatable bonds is 1. The number of hydrogen-bond acceptors (Lipinski definition) is 4. The third-order valence-corrected chi connectivity index (χ3v) is 1.22. The van der Waals surface area contributed by atoms with Gasteiger partial charge in [-0.15, -0.1) is 0 Å². The Balaban J connectivity index is 3.28. The first-order valence-corrected chi connectivity index (χ1v) is 3.15. The van der Waals surface area contributed by atoms with Gasteiger partial charge >= 0.3 is 6.18 Å². The molecule has 0 aromatic carbocycles. The van der Waals surface area contributed by atoms with Gasteiger partial charge in [0.25, 0.3) is 5.35 Å².